The number of hydrogen-bond acceptors (Lipinski definition) is 4. The summed E-state index contributed by atoms with van der Waals surface area (Å²) in [5.41, 5.74) is 0. The van der Waals surface area contributed by atoms with E-state index in [1.165, 1.54) is 17.5 Å². The number of sulfonamides is 1. The smallest absolute Gasteiger partial charge is 0.330 e. The fourth-order valence-corrected chi connectivity index (χ4v) is 5.40. The second kappa shape index (κ2) is 7.56. The van der Waals surface area contributed by atoms with Crippen LogP contribution in [0.4, 0.5) is 0 Å². The highest BCUT2D eigenvalue weighted by Gasteiger charge is 2.33. The third-order valence-electron chi connectivity index (χ3n) is 3.58. The summed E-state index contributed by atoms with van der Waals surface area (Å²) in [6.45, 7) is 0.462. The van der Waals surface area contributed by atoms with Crippen LogP contribution in [0.25, 0.3) is 0 Å². The van der Waals surface area contributed by atoms with Crippen molar-refractivity contribution in [3.8, 4) is 0 Å². The molecule has 0 radical (unpaired) electrons. The van der Waals surface area contributed by atoms with Gasteiger partial charge in [-0.2, -0.15) is 4.31 Å². The van der Waals surface area contributed by atoms with E-state index < -0.39 is 16.0 Å². The Morgan fingerprint density at radius 2 is 2.09 bits per heavy atom. The van der Waals surface area contributed by atoms with Crippen molar-refractivity contribution >= 4 is 38.6 Å². The summed E-state index contributed by atoms with van der Waals surface area (Å²) in [4.78, 5) is 11.6. The lowest BCUT2D eigenvalue weighted by Gasteiger charge is -2.33. The average Bonchev–Trinajstić information content (AvgIpc) is 2.53. The molecule has 120 valence electrons. The molecule has 1 aliphatic rings. The van der Waals surface area contributed by atoms with Gasteiger partial charge in [-0.05, 0) is 47.6 Å². The quantitative estimate of drug-likeness (QED) is 0.415. The number of esters is 1. The Labute approximate surface area is 144 Å². The summed E-state index contributed by atoms with van der Waals surface area (Å²) in [5, 5.41) is 0. The third kappa shape index (κ3) is 3.88. The van der Waals surface area contributed by atoms with Crippen molar-refractivity contribution in [3.05, 3.63) is 40.0 Å². The van der Waals surface area contributed by atoms with Crippen molar-refractivity contribution in [2.24, 2.45) is 0 Å². The van der Waals surface area contributed by atoms with Crippen LogP contribution < -0.4 is 0 Å². The molecule has 0 bridgehead atoms. The van der Waals surface area contributed by atoms with E-state index in [0.29, 0.717) is 21.4 Å². The lowest BCUT2D eigenvalue weighted by Crippen LogP contribution is -2.42. The summed E-state index contributed by atoms with van der Waals surface area (Å²) in [7, 11) is -2.27. The van der Waals surface area contributed by atoms with Gasteiger partial charge in [-0.3, -0.25) is 0 Å². The Bertz CT molecular complexity index is 672. The number of methoxy groups -OCH3 is 1. The summed E-state index contributed by atoms with van der Waals surface area (Å²) < 4.78 is 32.6. The Hall–Kier alpha value is -0.930. The second-order valence-corrected chi connectivity index (χ2v) is 8.01. The predicted molar refractivity (Wildman–Crippen MR) is 91.8 cm³/mol. The molecule has 1 heterocycles. The van der Waals surface area contributed by atoms with Crippen molar-refractivity contribution in [2.45, 2.75) is 30.2 Å². The number of piperidine rings is 1. The van der Waals surface area contributed by atoms with Crippen molar-refractivity contribution in [3.63, 3.8) is 0 Å². The normalized spacial score (nSPS) is 20.2. The van der Waals surface area contributed by atoms with Crippen LogP contribution in [0.2, 0.25) is 0 Å². The van der Waals surface area contributed by atoms with E-state index in [9.17, 15) is 13.2 Å². The molecule has 1 aliphatic heterocycles. The second-order valence-electron chi connectivity index (χ2n) is 4.99. The van der Waals surface area contributed by atoms with Gasteiger partial charge in [-0.25, -0.2) is 13.2 Å². The van der Waals surface area contributed by atoms with Crippen molar-refractivity contribution in [1.82, 2.24) is 4.31 Å². The highest BCUT2D eigenvalue weighted by molar-refractivity contribution is 14.1. The number of benzene rings is 1. The molecule has 1 aromatic carbocycles. The van der Waals surface area contributed by atoms with Crippen molar-refractivity contribution in [1.29, 1.82) is 0 Å². The monoisotopic (exact) mass is 435 g/mol. The van der Waals surface area contributed by atoms with Gasteiger partial charge in [0, 0.05) is 22.2 Å². The van der Waals surface area contributed by atoms with Crippen molar-refractivity contribution < 1.29 is 17.9 Å². The summed E-state index contributed by atoms with van der Waals surface area (Å²) in [5.74, 6) is -0.475. The maximum absolute atomic E-state index is 12.9. The highest BCUT2D eigenvalue weighted by Crippen LogP contribution is 2.28. The molecule has 0 unspecified atom stereocenters. The minimum absolute atomic E-state index is 0.311. The van der Waals surface area contributed by atoms with Crippen LogP contribution in [0, 0.1) is 3.57 Å². The van der Waals surface area contributed by atoms with Crippen LogP contribution in [0.3, 0.4) is 0 Å². The van der Waals surface area contributed by atoms with Gasteiger partial charge < -0.3 is 4.74 Å². The lowest BCUT2D eigenvalue weighted by molar-refractivity contribution is -0.134. The molecule has 1 aromatic rings. The largest absolute Gasteiger partial charge is 0.466 e. The van der Waals surface area contributed by atoms with Gasteiger partial charge in [-0.15, -0.1) is 0 Å². The van der Waals surface area contributed by atoms with Crippen LogP contribution in [0.15, 0.2) is 41.3 Å². The van der Waals surface area contributed by atoms with Gasteiger partial charge in [0.1, 0.15) is 0 Å². The van der Waals surface area contributed by atoms with E-state index in [2.05, 4.69) is 4.74 Å². The maximum atomic E-state index is 12.9. The molecular weight excluding hydrogens is 417 g/mol. The van der Waals surface area contributed by atoms with Crippen LogP contribution in [-0.4, -0.2) is 38.4 Å². The number of halogens is 1. The predicted octanol–water partition coefficient (Wildman–Crippen LogP) is 2.56. The van der Waals surface area contributed by atoms with E-state index in [-0.39, 0.29) is 6.04 Å². The Morgan fingerprint density at radius 3 is 2.77 bits per heavy atom. The standard InChI is InChI=1S/C15H18INO4S/c1-21-15(18)10-9-12-6-4-5-11-17(12)22(19,20)14-8-3-2-7-13(14)16/h2-3,7-10,12H,4-6,11H2,1H3/b10-9+/t12-/m1/s1. The van der Waals surface area contributed by atoms with Gasteiger partial charge >= 0.3 is 5.97 Å². The molecule has 0 aliphatic carbocycles. The average molecular weight is 435 g/mol. The minimum atomic E-state index is -3.57. The van der Waals surface area contributed by atoms with E-state index in [1.807, 2.05) is 28.7 Å². The highest BCUT2D eigenvalue weighted by atomic mass is 127. The molecule has 7 heteroatoms. The van der Waals surface area contributed by atoms with Gasteiger partial charge in [0.2, 0.25) is 10.0 Å². The molecule has 1 saturated heterocycles. The number of nitrogens with zero attached hydrogens (tertiary/aromatic N) is 1. The zero-order chi connectivity index (χ0) is 16.2. The summed E-state index contributed by atoms with van der Waals surface area (Å²) >= 11 is 2.03. The molecule has 0 amide bonds. The van der Waals surface area contributed by atoms with E-state index >= 15 is 0 Å². The summed E-state index contributed by atoms with van der Waals surface area (Å²) in [6, 6.07) is 6.61. The first-order chi connectivity index (χ1) is 10.5. The lowest BCUT2D eigenvalue weighted by atomic mass is 10.0. The molecule has 22 heavy (non-hydrogen) atoms. The molecule has 2 rings (SSSR count). The zero-order valence-corrected chi connectivity index (χ0v) is 15.2. The molecule has 0 spiro atoms. The fraction of sp³-hybridized carbons (Fsp3) is 0.400. The minimum Gasteiger partial charge on any atom is -0.466 e. The van der Waals surface area contributed by atoms with Gasteiger partial charge in [0.25, 0.3) is 0 Å². The van der Waals surface area contributed by atoms with Crippen LogP contribution in [-0.2, 0) is 19.6 Å². The van der Waals surface area contributed by atoms with Gasteiger partial charge in [0.05, 0.1) is 12.0 Å². The van der Waals surface area contributed by atoms with Gasteiger partial charge in [-0.1, -0.05) is 24.6 Å². The molecule has 1 atom stereocenters. The topological polar surface area (TPSA) is 63.7 Å². The van der Waals surface area contributed by atoms with E-state index in [4.69, 9.17) is 0 Å². The molecule has 0 saturated carbocycles. The Morgan fingerprint density at radius 1 is 1.36 bits per heavy atom. The molecule has 0 N–H and O–H groups in total. The first-order valence-electron chi connectivity index (χ1n) is 6.99. The SMILES string of the molecule is COC(=O)/C=C/[C@H]1CCCCN1S(=O)(=O)c1ccccc1I. The summed E-state index contributed by atoms with van der Waals surface area (Å²) in [6.07, 6.45) is 5.39. The Kier molecular flexibility index (Phi) is 5.99. The molecule has 5 nitrogen and oxygen atoms in total. The molecule has 1 fully saturated rings. The molecule has 0 aromatic heterocycles. The number of carbonyl (C=O) groups is 1. The zero-order valence-electron chi connectivity index (χ0n) is 12.2. The Balaban J connectivity index is 2.32. The van der Waals surface area contributed by atoms with E-state index in [1.54, 1.807) is 24.3 Å². The number of carbonyl (C=O) groups excluding carboxylic acids is 1. The fourth-order valence-electron chi connectivity index (χ4n) is 2.46. The first kappa shape index (κ1) is 17.4. The van der Waals surface area contributed by atoms with Crippen LogP contribution >= 0.6 is 22.6 Å². The maximum Gasteiger partial charge on any atom is 0.330 e. The number of ether oxygens (including phenoxy) is 1. The van der Waals surface area contributed by atoms with Crippen LogP contribution in [0.1, 0.15) is 19.3 Å². The number of rotatable bonds is 4. The molecular formula is C15H18INO4S. The van der Waals surface area contributed by atoms with E-state index in [0.717, 1.165) is 12.8 Å². The third-order valence-corrected chi connectivity index (χ3v) is 6.87. The van der Waals surface area contributed by atoms with Gasteiger partial charge in [0.15, 0.2) is 0 Å². The number of hydrogen-bond donors (Lipinski definition) is 0. The van der Waals surface area contributed by atoms with Crippen LogP contribution in [0.5, 0.6) is 0 Å². The van der Waals surface area contributed by atoms with Crippen molar-refractivity contribution in [2.75, 3.05) is 13.7 Å². The first-order valence-corrected chi connectivity index (χ1v) is 9.51.